The van der Waals surface area contributed by atoms with Gasteiger partial charge in [0, 0.05) is 16.8 Å². The highest BCUT2D eigenvalue weighted by Crippen LogP contribution is 2.41. The summed E-state index contributed by atoms with van der Waals surface area (Å²) in [6, 6.07) is 9.26. The van der Waals surface area contributed by atoms with Gasteiger partial charge in [-0.05, 0) is 55.0 Å². The third-order valence-electron chi connectivity index (χ3n) is 5.13. The molecule has 0 atom stereocenters. The zero-order valence-corrected chi connectivity index (χ0v) is 16.4. The second-order valence-corrected chi connectivity index (χ2v) is 9.46. The van der Waals surface area contributed by atoms with Crippen LogP contribution >= 0.6 is 11.3 Å². The quantitative estimate of drug-likeness (QED) is 0.816. The van der Waals surface area contributed by atoms with Gasteiger partial charge in [0.25, 0.3) is 0 Å². The number of benzene rings is 1. The minimum absolute atomic E-state index is 0.0696. The van der Waals surface area contributed by atoms with Crippen molar-refractivity contribution in [3.63, 3.8) is 0 Å². The molecule has 0 saturated heterocycles. The van der Waals surface area contributed by atoms with Crippen LogP contribution in [0.5, 0.6) is 5.75 Å². The Bertz CT molecular complexity index is 807. The van der Waals surface area contributed by atoms with Crippen molar-refractivity contribution in [2.75, 3.05) is 13.7 Å². The van der Waals surface area contributed by atoms with Crippen molar-refractivity contribution in [2.45, 2.75) is 49.3 Å². The van der Waals surface area contributed by atoms with Gasteiger partial charge in [-0.2, -0.15) is 0 Å². The molecule has 6 heteroatoms. The number of hydrogen-bond acceptors (Lipinski definition) is 4. The highest BCUT2D eigenvalue weighted by molar-refractivity contribution is 7.89. The maximum Gasteiger partial charge on any atom is 0.240 e. The van der Waals surface area contributed by atoms with Crippen molar-refractivity contribution in [3.05, 3.63) is 46.2 Å². The molecule has 0 bridgehead atoms. The molecule has 136 valence electrons. The minimum atomic E-state index is -3.55. The van der Waals surface area contributed by atoms with Gasteiger partial charge in [0.2, 0.25) is 10.0 Å². The van der Waals surface area contributed by atoms with Crippen molar-refractivity contribution in [1.29, 1.82) is 0 Å². The topological polar surface area (TPSA) is 55.4 Å². The monoisotopic (exact) mass is 379 g/mol. The molecule has 1 N–H and O–H groups in total. The van der Waals surface area contributed by atoms with Crippen LogP contribution in [-0.4, -0.2) is 22.1 Å². The van der Waals surface area contributed by atoms with Crippen LogP contribution in [0.4, 0.5) is 0 Å². The van der Waals surface area contributed by atoms with E-state index in [2.05, 4.69) is 22.2 Å². The first-order valence-corrected chi connectivity index (χ1v) is 11.0. The van der Waals surface area contributed by atoms with E-state index in [4.69, 9.17) is 4.74 Å². The zero-order valence-electron chi connectivity index (χ0n) is 14.7. The minimum Gasteiger partial charge on any atom is -0.497 e. The molecule has 1 aromatic carbocycles. The van der Waals surface area contributed by atoms with Gasteiger partial charge in [0.1, 0.15) is 5.75 Å². The largest absolute Gasteiger partial charge is 0.497 e. The van der Waals surface area contributed by atoms with Gasteiger partial charge >= 0.3 is 0 Å². The Morgan fingerprint density at radius 3 is 2.56 bits per heavy atom. The highest BCUT2D eigenvalue weighted by Gasteiger charge is 2.36. The van der Waals surface area contributed by atoms with Crippen LogP contribution in [0.15, 0.2) is 40.6 Å². The van der Waals surface area contributed by atoms with Crippen molar-refractivity contribution in [1.82, 2.24) is 4.72 Å². The molecule has 1 aliphatic carbocycles. The molecule has 1 fully saturated rings. The van der Waals surface area contributed by atoms with Crippen LogP contribution in [0.2, 0.25) is 0 Å². The summed E-state index contributed by atoms with van der Waals surface area (Å²) in [7, 11) is -1.97. The van der Waals surface area contributed by atoms with Gasteiger partial charge in [-0.25, -0.2) is 13.1 Å². The second-order valence-electron chi connectivity index (χ2n) is 6.77. The van der Waals surface area contributed by atoms with Crippen LogP contribution in [0, 0.1) is 6.92 Å². The Hall–Kier alpha value is -1.37. The number of nitrogens with one attached hydrogen (secondary N) is 1. The van der Waals surface area contributed by atoms with Crippen LogP contribution in [0.3, 0.4) is 0 Å². The van der Waals surface area contributed by atoms with Gasteiger partial charge in [0.15, 0.2) is 0 Å². The van der Waals surface area contributed by atoms with Gasteiger partial charge in [0.05, 0.1) is 12.0 Å². The molecule has 4 nitrogen and oxygen atoms in total. The predicted octanol–water partition coefficient (Wildman–Crippen LogP) is 4.25. The number of ether oxygens (including phenoxy) is 1. The molecular formula is C19H25NO3S2. The molecule has 3 rings (SSSR count). The number of hydrogen-bond donors (Lipinski definition) is 1. The first-order chi connectivity index (χ1) is 12.0. The lowest BCUT2D eigenvalue weighted by molar-refractivity contribution is 0.298. The maximum atomic E-state index is 12.9. The SMILES string of the molecule is COc1ccc(S(=O)(=O)NCC2(c3cccs3)CCCCC2)c(C)c1. The molecule has 0 unspecified atom stereocenters. The Balaban J connectivity index is 1.83. The summed E-state index contributed by atoms with van der Waals surface area (Å²) in [4.78, 5) is 1.62. The number of sulfonamides is 1. The van der Waals surface area contributed by atoms with E-state index in [1.165, 1.54) is 11.3 Å². The normalized spacial score (nSPS) is 17.4. The molecule has 25 heavy (non-hydrogen) atoms. The molecule has 0 amide bonds. The molecule has 2 aromatic rings. The molecule has 0 spiro atoms. The predicted molar refractivity (Wildman–Crippen MR) is 102 cm³/mol. The summed E-state index contributed by atoms with van der Waals surface area (Å²) >= 11 is 1.73. The Morgan fingerprint density at radius 1 is 1.20 bits per heavy atom. The smallest absolute Gasteiger partial charge is 0.240 e. The molecule has 1 aliphatic rings. The second kappa shape index (κ2) is 7.48. The maximum absolute atomic E-state index is 12.9. The van der Waals surface area contributed by atoms with Crippen molar-refractivity contribution in [3.8, 4) is 5.75 Å². The number of rotatable bonds is 6. The fourth-order valence-corrected chi connectivity index (χ4v) is 6.02. The lowest BCUT2D eigenvalue weighted by atomic mass is 9.73. The fourth-order valence-electron chi connectivity index (χ4n) is 3.68. The fraction of sp³-hybridized carbons (Fsp3) is 0.474. The van der Waals surface area contributed by atoms with Crippen LogP contribution < -0.4 is 9.46 Å². The van der Waals surface area contributed by atoms with E-state index in [1.807, 2.05) is 0 Å². The Kier molecular flexibility index (Phi) is 5.51. The summed E-state index contributed by atoms with van der Waals surface area (Å²) in [6.07, 6.45) is 5.62. The first kappa shape index (κ1) is 18.4. The van der Waals surface area contributed by atoms with Crippen LogP contribution in [0.25, 0.3) is 0 Å². The molecule has 1 aromatic heterocycles. The number of methoxy groups -OCH3 is 1. The van der Waals surface area contributed by atoms with Crippen molar-refractivity contribution >= 4 is 21.4 Å². The lowest BCUT2D eigenvalue weighted by Gasteiger charge is -2.36. The van der Waals surface area contributed by atoms with Gasteiger partial charge in [-0.15, -0.1) is 11.3 Å². The zero-order chi connectivity index (χ0) is 17.9. The van der Waals surface area contributed by atoms with E-state index >= 15 is 0 Å². The van der Waals surface area contributed by atoms with Gasteiger partial charge < -0.3 is 4.74 Å². The van der Waals surface area contributed by atoms with Crippen molar-refractivity contribution in [2.24, 2.45) is 0 Å². The third kappa shape index (κ3) is 3.91. The van der Waals surface area contributed by atoms with E-state index in [0.717, 1.165) is 25.7 Å². The Labute approximate surface area is 154 Å². The van der Waals surface area contributed by atoms with E-state index in [1.54, 1.807) is 43.6 Å². The average molecular weight is 380 g/mol. The summed E-state index contributed by atoms with van der Waals surface area (Å²) in [5.41, 5.74) is 0.625. The first-order valence-electron chi connectivity index (χ1n) is 8.65. The highest BCUT2D eigenvalue weighted by atomic mass is 32.2. The molecular weight excluding hydrogens is 354 g/mol. The summed E-state index contributed by atoms with van der Waals surface area (Å²) in [6.45, 7) is 2.26. The van der Waals surface area contributed by atoms with Gasteiger partial charge in [-0.1, -0.05) is 25.3 Å². The van der Waals surface area contributed by atoms with Crippen LogP contribution in [0.1, 0.15) is 42.5 Å². The molecule has 1 heterocycles. The van der Waals surface area contributed by atoms with E-state index in [0.29, 0.717) is 22.8 Å². The summed E-state index contributed by atoms with van der Waals surface area (Å²) in [5.74, 6) is 0.666. The Morgan fingerprint density at radius 2 is 1.96 bits per heavy atom. The lowest BCUT2D eigenvalue weighted by Crippen LogP contribution is -2.41. The van der Waals surface area contributed by atoms with Crippen LogP contribution in [-0.2, 0) is 15.4 Å². The number of aryl methyl sites for hydroxylation is 1. The van der Waals surface area contributed by atoms with E-state index in [-0.39, 0.29) is 5.41 Å². The third-order valence-corrected chi connectivity index (χ3v) is 7.80. The van der Waals surface area contributed by atoms with E-state index in [9.17, 15) is 8.42 Å². The summed E-state index contributed by atoms with van der Waals surface area (Å²) < 4.78 is 33.8. The molecule has 0 radical (unpaired) electrons. The number of thiophene rings is 1. The van der Waals surface area contributed by atoms with Gasteiger partial charge in [-0.3, -0.25) is 0 Å². The summed E-state index contributed by atoms with van der Waals surface area (Å²) in [5, 5.41) is 2.08. The average Bonchev–Trinajstić information content (AvgIpc) is 3.16. The molecule has 1 saturated carbocycles. The van der Waals surface area contributed by atoms with E-state index < -0.39 is 10.0 Å². The molecule has 0 aliphatic heterocycles. The van der Waals surface area contributed by atoms with Crippen molar-refractivity contribution < 1.29 is 13.2 Å². The standard InChI is InChI=1S/C19H25NO3S2/c1-15-13-16(23-2)8-9-17(15)25(21,22)20-14-19(10-4-3-5-11-19)18-7-6-12-24-18/h6-9,12-13,20H,3-5,10-11,14H2,1-2H3.